The predicted octanol–water partition coefficient (Wildman–Crippen LogP) is 22.1. The first-order chi connectivity index (χ1) is 37.5. The molecule has 6 heteroatoms. The number of allylic oxidation sites excluding steroid dienone is 3. The van der Waals surface area contributed by atoms with Crippen molar-refractivity contribution in [2.45, 2.75) is 398 Å². The maximum atomic E-state index is 12.5. The quantitative estimate of drug-likeness (QED) is 0.0320. The van der Waals surface area contributed by atoms with Crippen molar-refractivity contribution in [2.75, 3.05) is 13.2 Å². The number of unbranched alkanes of at least 4 members (excludes halogenated alkanes) is 52. The number of carbonyl (C=O) groups is 2. The van der Waals surface area contributed by atoms with E-state index < -0.39 is 12.1 Å². The Morgan fingerprint density at radius 3 is 0.934 bits per heavy atom. The van der Waals surface area contributed by atoms with Gasteiger partial charge in [-0.2, -0.15) is 0 Å². The summed E-state index contributed by atoms with van der Waals surface area (Å²) in [5.74, 6) is -0.0558. The molecular weight excluding hydrogens is 935 g/mol. The second kappa shape index (κ2) is 65.9. The van der Waals surface area contributed by atoms with E-state index in [-0.39, 0.29) is 18.5 Å². The third-order valence-electron chi connectivity index (χ3n) is 16.2. The summed E-state index contributed by atoms with van der Waals surface area (Å²) >= 11 is 0. The molecule has 450 valence electrons. The predicted molar refractivity (Wildman–Crippen MR) is 333 cm³/mol. The van der Waals surface area contributed by atoms with Crippen molar-refractivity contribution in [1.29, 1.82) is 0 Å². The lowest BCUT2D eigenvalue weighted by Gasteiger charge is -2.20. The van der Waals surface area contributed by atoms with Gasteiger partial charge < -0.3 is 20.3 Å². The summed E-state index contributed by atoms with van der Waals surface area (Å²) in [5.41, 5.74) is 0. The Morgan fingerprint density at radius 1 is 0.355 bits per heavy atom. The van der Waals surface area contributed by atoms with Gasteiger partial charge in [-0.15, -0.1) is 0 Å². The van der Waals surface area contributed by atoms with Crippen molar-refractivity contribution in [1.82, 2.24) is 5.32 Å². The van der Waals surface area contributed by atoms with Crippen molar-refractivity contribution in [3.8, 4) is 0 Å². The van der Waals surface area contributed by atoms with Crippen LogP contribution in [0.25, 0.3) is 0 Å². The molecule has 0 radical (unpaired) electrons. The standard InChI is InChI=1S/C70H135NO5/c1-3-5-7-9-11-13-15-17-19-20-21-25-28-31-35-38-42-46-50-54-58-62-68(73)67(66-72)71-69(74)63-59-55-51-47-43-39-36-32-29-26-23-22-24-27-30-33-37-41-45-49-53-57-61-65-76-70(75)64-60-56-52-48-44-40-34-18-16-14-12-10-8-6-4-2/h26,29,58,62,67-68,72-73H,3-25,27-28,30-57,59-61,63-66H2,1-2H3,(H,71,74)/b29-26-,62-58+. The highest BCUT2D eigenvalue weighted by Crippen LogP contribution is 2.18. The van der Waals surface area contributed by atoms with Crippen molar-refractivity contribution in [2.24, 2.45) is 0 Å². The molecule has 6 nitrogen and oxygen atoms in total. The molecule has 2 atom stereocenters. The summed E-state index contributed by atoms with van der Waals surface area (Å²) in [7, 11) is 0. The Balaban J connectivity index is 3.43. The van der Waals surface area contributed by atoms with Crippen molar-refractivity contribution in [3.63, 3.8) is 0 Å². The molecule has 76 heavy (non-hydrogen) atoms. The topological polar surface area (TPSA) is 95.9 Å². The van der Waals surface area contributed by atoms with E-state index in [0.717, 1.165) is 44.9 Å². The summed E-state index contributed by atoms with van der Waals surface area (Å²) in [6, 6.07) is -0.633. The molecule has 0 aliphatic rings. The highest BCUT2D eigenvalue weighted by Gasteiger charge is 2.18. The SMILES string of the molecule is CCCCCCCCCCCCCCCCCCCCC/C=C/C(O)C(CO)NC(=O)CCCCCCCCC/C=C\CCCCCCCCCCCCCCOC(=O)CCCCCCCCCCCCCCCCC. The molecule has 0 fully saturated rings. The lowest BCUT2D eigenvalue weighted by molar-refractivity contribution is -0.143. The number of aliphatic hydroxyl groups excluding tert-OH is 2. The molecule has 0 saturated carbocycles. The Hall–Kier alpha value is -1.66. The van der Waals surface area contributed by atoms with Crippen LogP contribution < -0.4 is 5.32 Å². The Bertz CT molecular complexity index is 1190. The highest BCUT2D eigenvalue weighted by atomic mass is 16.5. The minimum Gasteiger partial charge on any atom is -0.466 e. The number of nitrogens with one attached hydrogen (secondary N) is 1. The Labute approximate surface area is 475 Å². The molecule has 0 aliphatic heterocycles. The van der Waals surface area contributed by atoms with E-state index >= 15 is 0 Å². The number of rotatable bonds is 65. The van der Waals surface area contributed by atoms with Crippen LogP contribution in [0.1, 0.15) is 386 Å². The van der Waals surface area contributed by atoms with Crippen LogP contribution in [0.4, 0.5) is 0 Å². The molecule has 0 aliphatic carbocycles. The summed E-state index contributed by atoms with van der Waals surface area (Å²) in [5, 5.41) is 23.2. The van der Waals surface area contributed by atoms with Crippen LogP contribution in [0.15, 0.2) is 24.3 Å². The van der Waals surface area contributed by atoms with E-state index in [1.165, 1.54) is 315 Å². The monoisotopic (exact) mass is 1070 g/mol. The van der Waals surface area contributed by atoms with E-state index in [4.69, 9.17) is 4.74 Å². The maximum absolute atomic E-state index is 12.5. The van der Waals surface area contributed by atoms with E-state index in [9.17, 15) is 19.8 Å². The van der Waals surface area contributed by atoms with Crippen LogP contribution in [0, 0.1) is 0 Å². The first-order valence-corrected chi connectivity index (χ1v) is 34.6. The van der Waals surface area contributed by atoms with Crippen molar-refractivity contribution >= 4 is 11.9 Å². The first-order valence-electron chi connectivity index (χ1n) is 34.6. The fourth-order valence-electron chi connectivity index (χ4n) is 10.9. The van der Waals surface area contributed by atoms with Gasteiger partial charge in [-0.05, 0) is 57.8 Å². The number of hydrogen-bond acceptors (Lipinski definition) is 5. The third-order valence-corrected chi connectivity index (χ3v) is 16.2. The molecule has 0 bridgehead atoms. The molecule has 0 rings (SSSR count). The van der Waals surface area contributed by atoms with Gasteiger partial charge in [-0.25, -0.2) is 0 Å². The van der Waals surface area contributed by atoms with Crippen LogP contribution in [0.3, 0.4) is 0 Å². The van der Waals surface area contributed by atoms with Gasteiger partial charge >= 0.3 is 5.97 Å². The zero-order valence-electron chi connectivity index (χ0n) is 51.5. The van der Waals surface area contributed by atoms with Crippen LogP contribution in [-0.4, -0.2) is 47.4 Å². The largest absolute Gasteiger partial charge is 0.466 e. The average molecular weight is 1070 g/mol. The van der Waals surface area contributed by atoms with Gasteiger partial charge in [0.1, 0.15) is 0 Å². The van der Waals surface area contributed by atoms with Crippen molar-refractivity contribution in [3.05, 3.63) is 24.3 Å². The maximum Gasteiger partial charge on any atom is 0.305 e. The van der Waals surface area contributed by atoms with Crippen LogP contribution in [-0.2, 0) is 14.3 Å². The first kappa shape index (κ1) is 74.3. The number of hydrogen-bond donors (Lipinski definition) is 3. The molecule has 1 amide bonds. The Kier molecular flexibility index (Phi) is 64.4. The molecule has 0 aromatic rings. The zero-order chi connectivity index (χ0) is 55.0. The summed E-state index contributed by atoms with van der Waals surface area (Å²) in [6.07, 6.45) is 82.4. The Morgan fingerprint density at radius 2 is 0.618 bits per heavy atom. The summed E-state index contributed by atoms with van der Waals surface area (Å²) in [4.78, 5) is 24.6. The van der Waals surface area contributed by atoms with Gasteiger partial charge in [0.05, 0.1) is 25.4 Å². The zero-order valence-corrected chi connectivity index (χ0v) is 51.5. The minimum atomic E-state index is -0.849. The molecule has 3 N–H and O–H groups in total. The second-order valence-corrected chi connectivity index (χ2v) is 23.9. The molecule has 0 aromatic carbocycles. The van der Waals surface area contributed by atoms with Gasteiger partial charge in [-0.3, -0.25) is 9.59 Å². The number of amides is 1. The van der Waals surface area contributed by atoms with Crippen LogP contribution in [0.5, 0.6) is 0 Å². The van der Waals surface area contributed by atoms with E-state index in [0.29, 0.717) is 19.4 Å². The van der Waals surface area contributed by atoms with Gasteiger partial charge in [0.25, 0.3) is 0 Å². The minimum absolute atomic E-state index is 0.0146. The van der Waals surface area contributed by atoms with Gasteiger partial charge in [0.2, 0.25) is 5.91 Å². The van der Waals surface area contributed by atoms with Gasteiger partial charge in [0, 0.05) is 12.8 Å². The lowest BCUT2D eigenvalue weighted by atomic mass is 10.0. The molecule has 2 unspecified atom stereocenters. The highest BCUT2D eigenvalue weighted by molar-refractivity contribution is 5.76. The molecule has 0 spiro atoms. The van der Waals surface area contributed by atoms with E-state index in [2.05, 4.69) is 31.3 Å². The average Bonchev–Trinajstić information content (AvgIpc) is 3.42. The fourth-order valence-corrected chi connectivity index (χ4v) is 10.9. The van der Waals surface area contributed by atoms with Crippen molar-refractivity contribution < 1.29 is 24.5 Å². The second-order valence-electron chi connectivity index (χ2n) is 23.9. The van der Waals surface area contributed by atoms with Gasteiger partial charge in [0.15, 0.2) is 0 Å². The van der Waals surface area contributed by atoms with E-state index in [1.54, 1.807) is 6.08 Å². The van der Waals surface area contributed by atoms with E-state index in [1.807, 2.05) is 6.08 Å². The summed E-state index contributed by atoms with van der Waals surface area (Å²) in [6.45, 7) is 4.94. The molecule has 0 saturated heterocycles. The number of carbonyl (C=O) groups excluding carboxylic acids is 2. The summed E-state index contributed by atoms with van der Waals surface area (Å²) < 4.78 is 5.49. The number of aliphatic hydroxyl groups is 2. The van der Waals surface area contributed by atoms with Crippen LogP contribution >= 0.6 is 0 Å². The lowest BCUT2D eigenvalue weighted by Crippen LogP contribution is -2.45. The van der Waals surface area contributed by atoms with Crippen LogP contribution in [0.2, 0.25) is 0 Å². The normalized spacial score (nSPS) is 12.6. The number of esters is 1. The number of ether oxygens (including phenoxy) is 1. The fraction of sp³-hybridized carbons (Fsp3) is 0.914. The smallest absolute Gasteiger partial charge is 0.305 e. The molecule has 0 aromatic heterocycles. The third kappa shape index (κ3) is 61.6. The van der Waals surface area contributed by atoms with Gasteiger partial charge in [-0.1, -0.05) is 340 Å². The molecule has 0 heterocycles. The molecular formula is C70H135NO5.